The molecule has 3 saturated heterocycles. The standard InChI is InChI=1S/C32H40BrN5O5.C4H4O4/c1-16(2)12-24-29(40)37-11-7-10-25(37)32(42)38(24)30(41)31(43-32,17(3)4)35-28(39)18-13-20-19-8-6-9-22-26(19)21(27(33)34-22)14-23(20)36(5)15-18;5-3(6)1-2-4(7)8/h6,8-9,13,16-18,23-25,34,42H,7,10-12,14-15H2,1-5H3,(H,35,39);1-2H,(H,5,6)(H,7,8)/b;2-1+/t18-,23-,24+,25+,31-,32+;/m1./s1. The van der Waals surface area contributed by atoms with Gasteiger partial charge in [-0.25, -0.2) is 9.59 Å². The number of likely N-dealkylation sites (N-methyl/N-ethyl adjacent to an activating group) is 1. The van der Waals surface area contributed by atoms with Crippen molar-refractivity contribution in [2.45, 2.75) is 83.1 Å². The molecule has 0 radical (unpaired) electrons. The molecule has 5 N–H and O–H groups in total. The number of benzene rings is 1. The molecule has 3 amide bonds. The van der Waals surface area contributed by atoms with E-state index in [1.54, 1.807) is 18.7 Å². The number of aliphatic hydroxyl groups is 1. The van der Waals surface area contributed by atoms with Gasteiger partial charge >= 0.3 is 11.9 Å². The van der Waals surface area contributed by atoms with E-state index in [0.717, 1.165) is 34.1 Å². The first-order chi connectivity index (χ1) is 24.0. The lowest BCUT2D eigenvalue weighted by Gasteiger charge is -2.49. The van der Waals surface area contributed by atoms with Gasteiger partial charge in [-0.1, -0.05) is 45.9 Å². The van der Waals surface area contributed by atoms with Crippen LogP contribution in [0.15, 0.2) is 41.0 Å². The Morgan fingerprint density at radius 2 is 1.82 bits per heavy atom. The van der Waals surface area contributed by atoms with Crippen molar-refractivity contribution in [3.63, 3.8) is 0 Å². The Bertz CT molecular complexity index is 1840. The first-order valence-electron chi connectivity index (χ1n) is 17.2. The highest BCUT2D eigenvalue weighted by atomic mass is 79.9. The first-order valence-corrected chi connectivity index (χ1v) is 18.0. The number of aliphatic carboxylic acids is 2. The normalized spacial score (nSPS) is 29.9. The van der Waals surface area contributed by atoms with Gasteiger partial charge in [0.1, 0.15) is 12.1 Å². The number of fused-ring (bicyclic) bond motifs is 5. The third-order valence-corrected chi connectivity index (χ3v) is 11.3. The minimum Gasteiger partial charge on any atom is -0.478 e. The van der Waals surface area contributed by atoms with Gasteiger partial charge in [0.15, 0.2) is 0 Å². The Kier molecular flexibility index (Phi) is 9.72. The van der Waals surface area contributed by atoms with E-state index < -0.39 is 53.4 Å². The Labute approximate surface area is 303 Å². The molecule has 15 heteroatoms. The summed E-state index contributed by atoms with van der Waals surface area (Å²) in [5.41, 5.74) is 2.68. The first kappa shape index (κ1) is 36.7. The van der Waals surface area contributed by atoms with Gasteiger partial charge in [-0.15, -0.1) is 0 Å². The van der Waals surface area contributed by atoms with E-state index >= 15 is 0 Å². The van der Waals surface area contributed by atoms with E-state index in [4.69, 9.17) is 14.9 Å². The monoisotopic (exact) mass is 769 g/mol. The summed E-state index contributed by atoms with van der Waals surface area (Å²) in [5, 5.41) is 31.9. The zero-order chi connectivity index (χ0) is 37.2. The van der Waals surface area contributed by atoms with Crippen LogP contribution in [0.3, 0.4) is 0 Å². The molecule has 1 aromatic carbocycles. The maximum atomic E-state index is 14.4. The van der Waals surface area contributed by atoms with Crippen molar-refractivity contribution in [3.8, 4) is 0 Å². The molecule has 51 heavy (non-hydrogen) atoms. The fraction of sp³-hybridized carbons (Fsp3) is 0.528. The van der Waals surface area contributed by atoms with Gasteiger partial charge in [0.25, 0.3) is 11.8 Å². The van der Waals surface area contributed by atoms with E-state index in [2.05, 4.69) is 43.3 Å². The molecular formula is C36H44BrN5O9. The van der Waals surface area contributed by atoms with Crippen LogP contribution in [0.5, 0.6) is 0 Å². The molecule has 14 nitrogen and oxygen atoms in total. The van der Waals surface area contributed by atoms with Gasteiger partial charge in [-0.3, -0.25) is 28.9 Å². The second kappa shape index (κ2) is 13.5. The number of aromatic nitrogens is 1. The van der Waals surface area contributed by atoms with Crippen LogP contribution < -0.4 is 5.32 Å². The molecule has 5 aliphatic rings. The number of nitrogens with one attached hydrogen (secondary N) is 2. The topological polar surface area (TPSA) is 193 Å². The number of nitrogens with zero attached hydrogens (tertiary/aromatic N) is 3. The number of hydrogen-bond donors (Lipinski definition) is 5. The summed E-state index contributed by atoms with van der Waals surface area (Å²) in [7, 11) is 2.03. The number of halogens is 1. The largest absolute Gasteiger partial charge is 0.478 e. The molecule has 0 bridgehead atoms. The number of carbonyl (C=O) groups is 5. The van der Waals surface area contributed by atoms with Crippen molar-refractivity contribution in [2.75, 3.05) is 20.1 Å². The highest BCUT2D eigenvalue weighted by Crippen LogP contribution is 2.49. The molecular weight excluding hydrogens is 726 g/mol. The second-order valence-corrected chi connectivity index (χ2v) is 15.5. The summed E-state index contributed by atoms with van der Waals surface area (Å²) in [4.78, 5) is 69.9. The number of carbonyl (C=O) groups excluding carboxylic acids is 3. The highest BCUT2D eigenvalue weighted by Gasteiger charge is 2.72. The van der Waals surface area contributed by atoms with Crippen molar-refractivity contribution in [1.29, 1.82) is 0 Å². The van der Waals surface area contributed by atoms with Crippen LogP contribution >= 0.6 is 15.9 Å². The lowest BCUT2D eigenvalue weighted by atomic mass is 9.79. The fourth-order valence-electron chi connectivity index (χ4n) is 8.29. The van der Waals surface area contributed by atoms with E-state index in [1.807, 2.05) is 33.0 Å². The molecule has 5 heterocycles. The maximum Gasteiger partial charge on any atom is 0.328 e. The lowest BCUT2D eigenvalue weighted by molar-refractivity contribution is -0.322. The molecule has 3 fully saturated rings. The van der Waals surface area contributed by atoms with Crippen LogP contribution in [0, 0.1) is 17.8 Å². The predicted octanol–water partition coefficient (Wildman–Crippen LogP) is 2.90. The Hall–Kier alpha value is -4.05. The smallest absolute Gasteiger partial charge is 0.328 e. The molecule has 274 valence electrons. The number of hydrogen-bond acceptors (Lipinski definition) is 8. The van der Waals surface area contributed by atoms with Gasteiger partial charge in [-0.05, 0) is 77.3 Å². The minimum absolute atomic E-state index is 0.104. The van der Waals surface area contributed by atoms with Crippen molar-refractivity contribution in [1.82, 2.24) is 25.0 Å². The van der Waals surface area contributed by atoms with Crippen LogP contribution in [-0.4, -0.2) is 115 Å². The van der Waals surface area contributed by atoms with Crippen LogP contribution in [0.2, 0.25) is 0 Å². The van der Waals surface area contributed by atoms with E-state index in [-0.39, 0.29) is 23.8 Å². The van der Waals surface area contributed by atoms with Crippen LogP contribution in [0.25, 0.3) is 16.5 Å². The molecule has 0 unspecified atom stereocenters. The number of piperazine rings is 1. The molecule has 7 rings (SSSR count). The summed E-state index contributed by atoms with van der Waals surface area (Å²) in [5.74, 6) is -6.53. The van der Waals surface area contributed by atoms with E-state index in [9.17, 15) is 29.1 Å². The Morgan fingerprint density at radius 1 is 1.14 bits per heavy atom. The molecule has 4 aliphatic heterocycles. The van der Waals surface area contributed by atoms with Crippen molar-refractivity contribution in [3.05, 3.63) is 52.2 Å². The number of amides is 3. The highest BCUT2D eigenvalue weighted by molar-refractivity contribution is 9.10. The molecule has 0 spiro atoms. The van der Waals surface area contributed by atoms with Gasteiger partial charge in [0.05, 0.1) is 10.5 Å². The number of carboxylic acid groups (broad SMARTS) is 2. The maximum absolute atomic E-state index is 14.4. The van der Waals surface area contributed by atoms with Crippen LogP contribution in [0.4, 0.5) is 0 Å². The van der Waals surface area contributed by atoms with Gasteiger partial charge < -0.3 is 30.5 Å². The summed E-state index contributed by atoms with van der Waals surface area (Å²) < 4.78 is 7.43. The molecule has 1 aromatic heterocycles. The summed E-state index contributed by atoms with van der Waals surface area (Å²) in [6.07, 6.45) is 5.60. The van der Waals surface area contributed by atoms with E-state index in [1.165, 1.54) is 15.8 Å². The molecule has 0 saturated carbocycles. The Balaban J connectivity index is 0.000000503. The number of carboxylic acids is 2. The quantitative estimate of drug-likeness (QED) is 0.262. The number of H-pyrrole nitrogens is 1. The van der Waals surface area contributed by atoms with Crippen LogP contribution in [-0.2, 0) is 35.1 Å². The average molecular weight is 771 g/mol. The zero-order valence-electron chi connectivity index (χ0n) is 29.2. The second-order valence-electron chi connectivity index (χ2n) is 14.7. The van der Waals surface area contributed by atoms with Crippen molar-refractivity contribution >= 4 is 62.1 Å². The summed E-state index contributed by atoms with van der Waals surface area (Å²) in [6.45, 7) is 8.57. The zero-order valence-corrected chi connectivity index (χ0v) is 30.8. The molecule has 2 aromatic rings. The van der Waals surface area contributed by atoms with Crippen LogP contribution in [0.1, 0.15) is 58.1 Å². The van der Waals surface area contributed by atoms with Crippen molar-refractivity contribution in [2.24, 2.45) is 17.8 Å². The number of rotatable bonds is 7. The van der Waals surface area contributed by atoms with Gasteiger partial charge in [0, 0.05) is 48.1 Å². The molecule has 6 atom stereocenters. The SMILES string of the molecule is CC(C)C[C@H]1C(=O)N2CCC[C@H]2[C@]2(O)O[C@](NC(=O)[C@@H]3C=C4c5cccc6[nH]c(Br)c(c56)C[C@H]4N(C)C3)(C(C)C)C(=O)N12.O=C(O)/C=C/C(=O)O. The fourth-order valence-corrected chi connectivity index (χ4v) is 8.86. The number of aromatic amines is 1. The van der Waals surface area contributed by atoms with Crippen molar-refractivity contribution < 1.29 is 44.0 Å². The molecule has 1 aliphatic carbocycles. The summed E-state index contributed by atoms with van der Waals surface area (Å²) >= 11 is 3.70. The lowest BCUT2D eigenvalue weighted by Crippen LogP contribution is -2.71. The minimum atomic E-state index is -2.01. The third-order valence-electron chi connectivity index (χ3n) is 10.6. The van der Waals surface area contributed by atoms with E-state index in [0.29, 0.717) is 38.1 Å². The summed E-state index contributed by atoms with van der Waals surface area (Å²) in [6, 6.07) is 4.76. The van der Waals surface area contributed by atoms with Gasteiger partial charge in [-0.2, -0.15) is 0 Å². The Morgan fingerprint density at radius 3 is 2.45 bits per heavy atom. The predicted molar refractivity (Wildman–Crippen MR) is 189 cm³/mol. The third kappa shape index (κ3) is 6.17. The average Bonchev–Trinajstić information content (AvgIpc) is 3.74. The van der Waals surface area contributed by atoms with Gasteiger partial charge in [0.2, 0.25) is 17.5 Å². The number of ether oxygens (including phenoxy) is 1.